The van der Waals surface area contributed by atoms with Crippen LogP contribution in [0.15, 0.2) is 18.2 Å². The molecule has 2 rings (SSSR count). The first kappa shape index (κ1) is 13.9. The van der Waals surface area contributed by atoms with Crippen molar-refractivity contribution < 1.29 is 14.6 Å². The average molecular weight is 263 g/mol. The maximum atomic E-state index is 10.8. The third-order valence-corrected chi connectivity index (χ3v) is 3.51. The standard InChI is InChI=1S/C15H21NO3/c1-11(2)16(10-15(17)18)7-5-12-3-4-14-13(9-12)6-8-19-14/h3-4,9,11H,5-8,10H2,1-2H3,(H,17,18). The number of carboxylic acids is 1. The molecule has 1 aromatic carbocycles. The van der Waals surface area contributed by atoms with Crippen molar-refractivity contribution >= 4 is 5.97 Å². The van der Waals surface area contributed by atoms with E-state index >= 15 is 0 Å². The zero-order chi connectivity index (χ0) is 13.8. The van der Waals surface area contributed by atoms with E-state index in [1.807, 2.05) is 24.8 Å². The largest absolute Gasteiger partial charge is 0.493 e. The molecule has 4 nitrogen and oxygen atoms in total. The third-order valence-electron chi connectivity index (χ3n) is 3.51. The second kappa shape index (κ2) is 6.06. The molecule has 1 aromatic rings. The summed E-state index contributed by atoms with van der Waals surface area (Å²) in [5, 5.41) is 8.90. The van der Waals surface area contributed by atoms with Crippen molar-refractivity contribution in [3.63, 3.8) is 0 Å². The topological polar surface area (TPSA) is 49.8 Å². The van der Waals surface area contributed by atoms with Gasteiger partial charge in [0.25, 0.3) is 0 Å². The molecule has 0 fully saturated rings. The molecule has 0 spiro atoms. The van der Waals surface area contributed by atoms with E-state index in [1.165, 1.54) is 11.1 Å². The Bertz CT molecular complexity index is 457. The summed E-state index contributed by atoms with van der Waals surface area (Å²) in [5.41, 5.74) is 2.52. The monoisotopic (exact) mass is 263 g/mol. The van der Waals surface area contributed by atoms with Crippen LogP contribution in [0.4, 0.5) is 0 Å². The van der Waals surface area contributed by atoms with Gasteiger partial charge in [0.05, 0.1) is 13.2 Å². The molecule has 0 radical (unpaired) electrons. The van der Waals surface area contributed by atoms with Crippen molar-refractivity contribution in [2.45, 2.75) is 32.7 Å². The molecule has 1 aliphatic rings. The van der Waals surface area contributed by atoms with Gasteiger partial charge in [0, 0.05) is 19.0 Å². The molecule has 0 amide bonds. The molecule has 104 valence electrons. The van der Waals surface area contributed by atoms with E-state index in [0.29, 0.717) is 0 Å². The van der Waals surface area contributed by atoms with Crippen molar-refractivity contribution in [3.05, 3.63) is 29.3 Å². The Morgan fingerprint density at radius 3 is 2.95 bits per heavy atom. The fraction of sp³-hybridized carbons (Fsp3) is 0.533. The number of ether oxygens (including phenoxy) is 1. The minimum Gasteiger partial charge on any atom is -0.493 e. The van der Waals surface area contributed by atoms with Gasteiger partial charge < -0.3 is 9.84 Å². The van der Waals surface area contributed by atoms with E-state index in [9.17, 15) is 4.79 Å². The summed E-state index contributed by atoms with van der Waals surface area (Å²) in [7, 11) is 0. The summed E-state index contributed by atoms with van der Waals surface area (Å²) in [4.78, 5) is 12.8. The smallest absolute Gasteiger partial charge is 0.317 e. The molecule has 0 unspecified atom stereocenters. The van der Waals surface area contributed by atoms with Gasteiger partial charge in [-0.25, -0.2) is 0 Å². The lowest BCUT2D eigenvalue weighted by Crippen LogP contribution is -2.37. The van der Waals surface area contributed by atoms with E-state index in [0.717, 1.165) is 31.7 Å². The maximum Gasteiger partial charge on any atom is 0.317 e. The Labute approximate surface area is 114 Å². The number of fused-ring (bicyclic) bond motifs is 1. The van der Waals surface area contributed by atoms with Crippen molar-refractivity contribution in [3.8, 4) is 5.75 Å². The maximum absolute atomic E-state index is 10.8. The number of rotatable bonds is 6. The highest BCUT2D eigenvalue weighted by Crippen LogP contribution is 2.26. The quantitative estimate of drug-likeness (QED) is 0.852. The predicted molar refractivity (Wildman–Crippen MR) is 73.7 cm³/mol. The lowest BCUT2D eigenvalue weighted by Gasteiger charge is -2.24. The second-order valence-corrected chi connectivity index (χ2v) is 5.25. The second-order valence-electron chi connectivity index (χ2n) is 5.25. The number of hydrogen-bond donors (Lipinski definition) is 1. The Balaban J connectivity index is 1.95. The molecule has 0 saturated heterocycles. The molecular formula is C15H21NO3. The van der Waals surface area contributed by atoms with Gasteiger partial charge in [-0.3, -0.25) is 9.69 Å². The normalized spacial score (nSPS) is 13.7. The molecule has 19 heavy (non-hydrogen) atoms. The van der Waals surface area contributed by atoms with Crippen LogP contribution >= 0.6 is 0 Å². The van der Waals surface area contributed by atoms with Crippen molar-refractivity contribution in [1.29, 1.82) is 0 Å². The molecule has 0 bridgehead atoms. The molecule has 4 heteroatoms. The average Bonchev–Trinajstić information content (AvgIpc) is 2.80. The van der Waals surface area contributed by atoms with Gasteiger partial charge in [-0.1, -0.05) is 12.1 Å². The first-order valence-corrected chi connectivity index (χ1v) is 6.76. The van der Waals surface area contributed by atoms with Crippen LogP contribution in [-0.2, 0) is 17.6 Å². The van der Waals surface area contributed by atoms with E-state index in [1.54, 1.807) is 0 Å². The lowest BCUT2D eigenvalue weighted by molar-refractivity contribution is -0.138. The van der Waals surface area contributed by atoms with Gasteiger partial charge in [-0.05, 0) is 37.5 Å². The van der Waals surface area contributed by atoms with Crippen molar-refractivity contribution in [2.24, 2.45) is 0 Å². The zero-order valence-corrected chi connectivity index (χ0v) is 11.6. The van der Waals surface area contributed by atoms with Gasteiger partial charge in [-0.2, -0.15) is 0 Å². The number of nitrogens with zero attached hydrogens (tertiary/aromatic N) is 1. The molecule has 0 atom stereocenters. The zero-order valence-electron chi connectivity index (χ0n) is 11.6. The number of hydrogen-bond acceptors (Lipinski definition) is 3. The van der Waals surface area contributed by atoms with Crippen molar-refractivity contribution in [2.75, 3.05) is 19.7 Å². The molecule has 0 saturated carbocycles. The predicted octanol–water partition coefficient (Wildman–Crippen LogP) is 1.96. The summed E-state index contributed by atoms with van der Waals surface area (Å²) >= 11 is 0. The fourth-order valence-corrected chi connectivity index (χ4v) is 2.36. The Hall–Kier alpha value is -1.55. The van der Waals surface area contributed by atoms with Crippen molar-refractivity contribution in [1.82, 2.24) is 4.90 Å². The molecule has 1 heterocycles. The van der Waals surface area contributed by atoms with Gasteiger partial charge in [0.1, 0.15) is 5.75 Å². The van der Waals surface area contributed by atoms with Crippen LogP contribution < -0.4 is 4.74 Å². The van der Waals surface area contributed by atoms with Crippen LogP contribution in [0.25, 0.3) is 0 Å². The Kier molecular flexibility index (Phi) is 4.43. The van der Waals surface area contributed by atoms with Crippen LogP contribution in [0.1, 0.15) is 25.0 Å². The van der Waals surface area contributed by atoms with Crippen LogP contribution in [0.5, 0.6) is 5.75 Å². The minimum atomic E-state index is -0.768. The van der Waals surface area contributed by atoms with Crippen LogP contribution in [-0.4, -0.2) is 41.7 Å². The minimum absolute atomic E-state index is 0.103. The first-order valence-electron chi connectivity index (χ1n) is 6.76. The third kappa shape index (κ3) is 3.70. The Morgan fingerprint density at radius 1 is 1.47 bits per heavy atom. The fourth-order valence-electron chi connectivity index (χ4n) is 2.36. The Morgan fingerprint density at radius 2 is 2.26 bits per heavy atom. The highest BCUT2D eigenvalue weighted by molar-refractivity contribution is 5.69. The van der Waals surface area contributed by atoms with E-state index < -0.39 is 5.97 Å². The number of aliphatic carboxylic acids is 1. The van der Waals surface area contributed by atoms with E-state index in [4.69, 9.17) is 9.84 Å². The summed E-state index contributed by atoms with van der Waals surface area (Å²) in [6, 6.07) is 6.52. The van der Waals surface area contributed by atoms with Crippen LogP contribution in [0.2, 0.25) is 0 Å². The first-order chi connectivity index (χ1) is 9.06. The van der Waals surface area contributed by atoms with Crippen LogP contribution in [0.3, 0.4) is 0 Å². The van der Waals surface area contributed by atoms with E-state index in [2.05, 4.69) is 12.1 Å². The molecule has 1 N–H and O–H groups in total. The summed E-state index contributed by atoms with van der Waals surface area (Å²) in [6.07, 6.45) is 1.85. The highest BCUT2D eigenvalue weighted by atomic mass is 16.5. The van der Waals surface area contributed by atoms with Gasteiger partial charge in [0.2, 0.25) is 0 Å². The lowest BCUT2D eigenvalue weighted by atomic mass is 10.1. The van der Waals surface area contributed by atoms with E-state index in [-0.39, 0.29) is 12.6 Å². The SMILES string of the molecule is CC(C)N(CCc1ccc2c(c1)CCO2)CC(=O)O. The van der Waals surface area contributed by atoms with Gasteiger partial charge in [-0.15, -0.1) is 0 Å². The molecule has 1 aliphatic heterocycles. The summed E-state index contributed by atoms with van der Waals surface area (Å²) in [5.74, 6) is 0.228. The summed E-state index contributed by atoms with van der Waals surface area (Å²) in [6.45, 7) is 5.70. The number of carboxylic acid groups (broad SMARTS) is 1. The molecular weight excluding hydrogens is 242 g/mol. The highest BCUT2D eigenvalue weighted by Gasteiger charge is 2.15. The van der Waals surface area contributed by atoms with Crippen LogP contribution in [0, 0.1) is 0 Å². The number of carbonyl (C=O) groups is 1. The molecule has 0 aromatic heterocycles. The van der Waals surface area contributed by atoms with Gasteiger partial charge in [0.15, 0.2) is 0 Å². The van der Waals surface area contributed by atoms with Gasteiger partial charge >= 0.3 is 5.97 Å². The molecule has 0 aliphatic carbocycles. The number of benzene rings is 1. The summed E-state index contributed by atoms with van der Waals surface area (Å²) < 4.78 is 5.48.